The monoisotopic (exact) mass is 402 g/mol. The predicted molar refractivity (Wildman–Crippen MR) is 111 cm³/mol. The highest BCUT2D eigenvalue weighted by Gasteiger charge is 2.40. The molecule has 1 aliphatic rings. The molecule has 0 unspecified atom stereocenters. The van der Waals surface area contributed by atoms with Crippen molar-refractivity contribution in [3.05, 3.63) is 41.4 Å². The Hall–Kier alpha value is -2.11. The van der Waals surface area contributed by atoms with E-state index in [4.69, 9.17) is 29.9 Å². The molecule has 0 fully saturated rings. The Bertz CT molecular complexity index is 1000. The number of ether oxygens (including phenoxy) is 2. The second-order valence-corrected chi connectivity index (χ2v) is 13.5. The molecule has 142 valence electrons. The van der Waals surface area contributed by atoms with Crippen LogP contribution in [0.2, 0.25) is 23.2 Å². The molecule has 0 N–H and O–H groups in total. The topological polar surface area (TPSA) is 40.8 Å². The lowest BCUT2D eigenvalue weighted by molar-refractivity contribution is 0.174. The van der Waals surface area contributed by atoms with Crippen LogP contribution in [0.4, 0.5) is 0 Å². The molecular weight excluding hydrogens is 380 g/mol. The van der Waals surface area contributed by atoms with Gasteiger partial charge in [0.2, 0.25) is 6.79 Å². The fourth-order valence-corrected chi connectivity index (χ4v) is 3.91. The lowest BCUT2D eigenvalue weighted by atomic mass is 10.1. The van der Waals surface area contributed by atoms with Gasteiger partial charge in [-0.15, -0.1) is 0 Å². The van der Waals surface area contributed by atoms with Gasteiger partial charge in [-0.3, -0.25) is 0 Å². The van der Waals surface area contributed by atoms with Crippen molar-refractivity contribution < 1.29 is 18.3 Å². The average molecular weight is 403 g/mol. The summed E-state index contributed by atoms with van der Waals surface area (Å²) in [6, 6.07) is 11.4. The number of benzene rings is 2. The van der Waals surface area contributed by atoms with Gasteiger partial charge >= 0.3 is 0 Å². The Kier molecular flexibility index (Phi) is 4.20. The van der Waals surface area contributed by atoms with Crippen molar-refractivity contribution in [2.75, 3.05) is 6.79 Å². The van der Waals surface area contributed by atoms with Gasteiger partial charge in [-0.2, -0.15) is 0 Å². The van der Waals surface area contributed by atoms with E-state index in [1.165, 1.54) is 0 Å². The molecule has 0 amide bonds. The first-order chi connectivity index (χ1) is 12.7. The van der Waals surface area contributed by atoms with Crippen LogP contribution in [-0.4, -0.2) is 15.1 Å². The van der Waals surface area contributed by atoms with Gasteiger partial charge in [-0.05, 0) is 48.5 Å². The summed E-state index contributed by atoms with van der Waals surface area (Å²) >= 11 is 6.06. The Labute approximate surface area is 165 Å². The van der Waals surface area contributed by atoms with Crippen LogP contribution in [0, 0.1) is 0 Å². The normalized spacial score (nSPS) is 14.0. The first-order valence-electron chi connectivity index (χ1n) is 8.97. The third-order valence-electron chi connectivity index (χ3n) is 5.41. The molecule has 0 spiro atoms. The molecule has 0 saturated carbocycles. The molecule has 27 heavy (non-hydrogen) atoms. The number of halogens is 1. The maximum atomic E-state index is 6.71. The minimum atomic E-state index is -2.09. The zero-order valence-corrected chi connectivity index (χ0v) is 17.9. The van der Waals surface area contributed by atoms with Crippen LogP contribution in [0.5, 0.6) is 17.2 Å². The van der Waals surface area contributed by atoms with Crippen molar-refractivity contribution >= 4 is 30.9 Å². The summed E-state index contributed by atoms with van der Waals surface area (Å²) in [5, 5.41) is 1.64. The van der Waals surface area contributed by atoms with E-state index in [2.05, 4.69) is 33.9 Å². The van der Waals surface area contributed by atoms with Crippen molar-refractivity contribution in [2.45, 2.75) is 38.9 Å². The number of hydrogen-bond donors (Lipinski definition) is 0. The summed E-state index contributed by atoms with van der Waals surface area (Å²) in [4.78, 5) is 0. The Balaban J connectivity index is 1.92. The van der Waals surface area contributed by atoms with Gasteiger partial charge in [0.25, 0.3) is 8.32 Å². The maximum Gasteiger partial charge on any atom is 0.250 e. The molecule has 2 heterocycles. The summed E-state index contributed by atoms with van der Waals surface area (Å²) in [6.07, 6.45) is 0. The van der Waals surface area contributed by atoms with Gasteiger partial charge in [-0.25, -0.2) is 0 Å². The fourth-order valence-electron chi connectivity index (χ4n) is 2.76. The zero-order chi connectivity index (χ0) is 19.4. The highest BCUT2D eigenvalue weighted by atomic mass is 35.5. The number of furan rings is 1. The van der Waals surface area contributed by atoms with Crippen LogP contribution in [0.3, 0.4) is 0 Å². The largest absolute Gasteiger partial charge is 0.540 e. The second kappa shape index (κ2) is 6.21. The highest BCUT2D eigenvalue weighted by Crippen LogP contribution is 2.48. The van der Waals surface area contributed by atoms with Crippen molar-refractivity contribution in [3.8, 4) is 28.6 Å². The zero-order valence-electron chi connectivity index (χ0n) is 16.2. The molecule has 0 aliphatic carbocycles. The van der Waals surface area contributed by atoms with E-state index >= 15 is 0 Å². The molecule has 0 bridgehead atoms. The van der Waals surface area contributed by atoms with Crippen LogP contribution in [0.1, 0.15) is 20.8 Å². The first-order valence-corrected chi connectivity index (χ1v) is 12.3. The number of rotatable bonds is 3. The minimum Gasteiger partial charge on any atom is -0.540 e. The molecule has 0 radical (unpaired) electrons. The van der Waals surface area contributed by atoms with E-state index in [0.29, 0.717) is 22.3 Å². The molecule has 0 atom stereocenters. The summed E-state index contributed by atoms with van der Waals surface area (Å²) in [5.41, 5.74) is 1.64. The highest BCUT2D eigenvalue weighted by molar-refractivity contribution is 6.74. The van der Waals surface area contributed by atoms with Crippen molar-refractivity contribution in [1.82, 2.24) is 0 Å². The molecule has 6 heteroatoms. The minimum absolute atomic E-state index is 0.0597. The molecule has 1 aliphatic heterocycles. The van der Waals surface area contributed by atoms with E-state index in [9.17, 15) is 0 Å². The van der Waals surface area contributed by atoms with Gasteiger partial charge in [0.05, 0.1) is 5.39 Å². The summed E-state index contributed by atoms with van der Waals surface area (Å²) < 4.78 is 24.0. The second-order valence-electron chi connectivity index (χ2n) is 8.33. The van der Waals surface area contributed by atoms with E-state index in [1.807, 2.05) is 36.4 Å². The standard InChI is InChI=1S/C21H23ClO4Si/c1-21(2,3)27(4,5)26-20-15-10-17-18(24-12-23-17)11-16(15)25-19(20)13-6-8-14(22)9-7-13/h6-11H,12H2,1-5H3. The van der Waals surface area contributed by atoms with E-state index < -0.39 is 8.32 Å². The summed E-state index contributed by atoms with van der Waals surface area (Å²) in [7, 11) is -2.09. The lowest BCUT2D eigenvalue weighted by Gasteiger charge is -2.36. The Morgan fingerprint density at radius 1 is 1.00 bits per heavy atom. The van der Waals surface area contributed by atoms with Crippen molar-refractivity contribution in [1.29, 1.82) is 0 Å². The quantitative estimate of drug-likeness (QED) is 0.448. The molecule has 2 aromatic carbocycles. The number of hydrogen-bond acceptors (Lipinski definition) is 4. The van der Waals surface area contributed by atoms with Crippen LogP contribution in [0.25, 0.3) is 22.3 Å². The molecule has 0 saturated heterocycles. The summed E-state index contributed by atoms with van der Waals surface area (Å²) in [6.45, 7) is 11.3. The SMILES string of the molecule is CC(C)(C)[Si](C)(C)Oc1c(-c2ccc(Cl)cc2)oc2cc3c(cc12)OCO3. The third-order valence-corrected chi connectivity index (χ3v) is 9.99. The predicted octanol–water partition coefficient (Wildman–Crippen LogP) is 6.87. The van der Waals surface area contributed by atoms with Crippen LogP contribution in [0.15, 0.2) is 40.8 Å². The Morgan fingerprint density at radius 2 is 1.63 bits per heavy atom. The summed E-state index contributed by atoms with van der Waals surface area (Å²) in [5.74, 6) is 2.87. The van der Waals surface area contributed by atoms with Crippen LogP contribution in [-0.2, 0) is 0 Å². The molecule has 4 nitrogen and oxygen atoms in total. The van der Waals surface area contributed by atoms with Crippen molar-refractivity contribution in [2.24, 2.45) is 0 Å². The molecular formula is C21H23ClO4Si. The van der Waals surface area contributed by atoms with Gasteiger partial charge in [0, 0.05) is 16.7 Å². The van der Waals surface area contributed by atoms with Gasteiger partial charge < -0.3 is 18.3 Å². The Morgan fingerprint density at radius 3 is 2.26 bits per heavy atom. The van der Waals surface area contributed by atoms with E-state index in [0.717, 1.165) is 22.3 Å². The van der Waals surface area contributed by atoms with Gasteiger partial charge in [0.1, 0.15) is 5.58 Å². The van der Waals surface area contributed by atoms with Crippen molar-refractivity contribution in [3.63, 3.8) is 0 Å². The maximum absolute atomic E-state index is 6.71. The first kappa shape index (κ1) is 18.3. The number of fused-ring (bicyclic) bond motifs is 2. The lowest BCUT2D eigenvalue weighted by Crippen LogP contribution is -2.43. The smallest absolute Gasteiger partial charge is 0.250 e. The molecule has 3 aromatic rings. The molecule has 1 aromatic heterocycles. The van der Waals surface area contributed by atoms with E-state index in [-0.39, 0.29) is 11.8 Å². The van der Waals surface area contributed by atoms with Gasteiger partial charge in [0.15, 0.2) is 23.0 Å². The van der Waals surface area contributed by atoms with Crippen LogP contribution < -0.4 is 13.9 Å². The van der Waals surface area contributed by atoms with E-state index in [1.54, 1.807) is 0 Å². The third kappa shape index (κ3) is 3.19. The average Bonchev–Trinajstić information content (AvgIpc) is 3.17. The van der Waals surface area contributed by atoms with Crippen LogP contribution >= 0.6 is 11.6 Å². The molecule has 4 rings (SSSR count). The fraction of sp³-hybridized carbons (Fsp3) is 0.333. The van der Waals surface area contributed by atoms with Gasteiger partial charge in [-0.1, -0.05) is 32.4 Å².